The first-order valence-electron chi connectivity index (χ1n) is 11.2. The predicted octanol–water partition coefficient (Wildman–Crippen LogP) is 4.40. The van der Waals surface area contributed by atoms with Crippen molar-refractivity contribution in [2.45, 2.75) is 33.2 Å². The molecule has 1 aromatic carbocycles. The lowest BCUT2D eigenvalue weighted by Crippen LogP contribution is -2.34. The Morgan fingerprint density at radius 3 is 2.55 bits per heavy atom. The molecule has 0 saturated carbocycles. The van der Waals surface area contributed by atoms with Crippen molar-refractivity contribution in [3.05, 3.63) is 53.1 Å². The van der Waals surface area contributed by atoms with Crippen LogP contribution in [0.2, 0.25) is 5.02 Å². The number of anilines is 2. The summed E-state index contributed by atoms with van der Waals surface area (Å²) in [5.41, 5.74) is 2.95. The van der Waals surface area contributed by atoms with E-state index in [1.54, 1.807) is 12.4 Å². The summed E-state index contributed by atoms with van der Waals surface area (Å²) in [6, 6.07) is 7.65. The number of nitrogens with zero attached hydrogens (tertiary/aromatic N) is 6. The topological polar surface area (TPSA) is 79.2 Å². The average molecular weight is 468 g/mol. The summed E-state index contributed by atoms with van der Waals surface area (Å²) in [4.78, 5) is 30.5. The minimum atomic E-state index is 0.0687. The van der Waals surface area contributed by atoms with Gasteiger partial charge in [-0.3, -0.25) is 4.79 Å². The highest BCUT2D eigenvalue weighted by molar-refractivity contribution is 6.32. The minimum absolute atomic E-state index is 0.0687. The Hall–Kier alpha value is -2.97. The zero-order valence-corrected chi connectivity index (χ0v) is 20.3. The highest BCUT2D eigenvalue weighted by atomic mass is 35.5. The molecule has 1 amide bonds. The van der Waals surface area contributed by atoms with Gasteiger partial charge in [0, 0.05) is 36.9 Å². The van der Waals surface area contributed by atoms with Gasteiger partial charge in [-0.15, -0.1) is 0 Å². The lowest BCUT2D eigenvalue weighted by molar-refractivity contribution is 0.0763. The SMILES string of the molecule is Cc1ncc(-c2nc(Nc3ccc(C(=O)N4CCCN(C)CC4)cc3)ncc2Cl)n1C(C)C. The Bertz CT molecular complexity index is 1130. The number of carbonyl (C=O) groups is 1. The fourth-order valence-electron chi connectivity index (χ4n) is 4.14. The maximum absolute atomic E-state index is 12.9. The first-order valence-corrected chi connectivity index (χ1v) is 11.6. The summed E-state index contributed by atoms with van der Waals surface area (Å²) < 4.78 is 2.10. The summed E-state index contributed by atoms with van der Waals surface area (Å²) in [7, 11) is 2.09. The summed E-state index contributed by atoms with van der Waals surface area (Å²) in [5.74, 6) is 1.40. The van der Waals surface area contributed by atoms with E-state index in [0.29, 0.717) is 22.2 Å². The second-order valence-corrected chi connectivity index (χ2v) is 9.10. The van der Waals surface area contributed by atoms with E-state index in [4.69, 9.17) is 11.6 Å². The van der Waals surface area contributed by atoms with Crippen LogP contribution in [-0.4, -0.2) is 68.5 Å². The molecule has 1 N–H and O–H groups in total. The van der Waals surface area contributed by atoms with Crippen molar-refractivity contribution in [2.75, 3.05) is 38.5 Å². The average Bonchev–Trinajstić information content (AvgIpc) is 3.05. The Morgan fingerprint density at radius 2 is 1.82 bits per heavy atom. The van der Waals surface area contributed by atoms with Crippen LogP contribution in [0.15, 0.2) is 36.7 Å². The number of aromatic nitrogens is 4. The molecule has 0 radical (unpaired) electrons. The largest absolute Gasteiger partial charge is 0.337 e. The monoisotopic (exact) mass is 467 g/mol. The van der Waals surface area contributed by atoms with E-state index >= 15 is 0 Å². The van der Waals surface area contributed by atoms with E-state index < -0.39 is 0 Å². The van der Waals surface area contributed by atoms with Crippen LogP contribution < -0.4 is 5.32 Å². The molecule has 33 heavy (non-hydrogen) atoms. The fraction of sp³-hybridized carbons (Fsp3) is 0.417. The van der Waals surface area contributed by atoms with Crippen LogP contribution in [0.3, 0.4) is 0 Å². The maximum Gasteiger partial charge on any atom is 0.253 e. The van der Waals surface area contributed by atoms with Crippen LogP contribution in [0.25, 0.3) is 11.4 Å². The molecule has 1 fully saturated rings. The predicted molar refractivity (Wildman–Crippen MR) is 131 cm³/mol. The minimum Gasteiger partial charge on any atom is -0.337 e. The van der Waals surface area contributed by atoms with Gasteiger partial charge in [-0.25, -0.2) is 15.0 Å². The Kier molecular flexibility index (Phi) is 6.95. The molecule has 8 nitrogen and oxygen atoms in total. The van der Waals surface area contributed by atoms with E-state index in [-0.39, 0.29) is 11.9 Å². The zero-order valence-electron chi connectivity index (χ0n) is 19.5. The van der Waals surface area contributed by atoms with Gasteiger partial charge in [0.05, 0.1) is 23.1 Å². The lowest BCUT2D eigenvalue weighted by atomic mass is 10.1. The molecule has 0 bridgehead atoms. The molecule has 0 atom stereocenters. The van der Waals surface area contributed by atoms with Gasteiger partial charge in [0.1, 0.15) is 11.5 Å². The molecule has 3 heterocycles. The third-order valence-electron chi connectivity index (χ3n) is 5.88. The van der Waals surface area contributed by atoms with Gasteiger partial charge in [0.2, 0.25) is 5.95 Å². The highest BCUT2D eigenvalue weighted by Crippen LogP contribution is 2.30. The molecule has 0 aliphatic carbocycles. The van der Waals surface area contributed by atoms with Crippen LogP contribution >= 0.6 is 11.6 Å². The molecule has 1 aliphatic rings. The van der Waals surface area contributed by atoms with Crippen molar-refractivity contribution in [1.29, 1.82) is 0 Å². The second kappa shape index (κ2) is 9.89. The quantitative estimate of drug-likeness (QED) is 0.599. The lowest BCUT2D eigenvalue weighted by Gasteiger charge is -2.20. The molecule has 1 aliphatic heterocycles. The van der Waals surface area contributed by atoms with Gasteiger partial charge in [-0.05, 0) is 65.0 Å². The van der Waals surface area contributed by atoms with Crippen molar-refractivity contribution >= 4 is 29.1 Å². The van der Waals surface area contributed by atoms with Crippen LogP contribution in [0.1, 0.15) is 42.5 Å². The molecule has 3 aromatic rings. The summed E-state index contributed by atoms with van der Waals surface area (Å²) >= 11 is 6.43. The molecule has 9 heteroatoms. The number of benzene rings is 1. The Morgan fingerprint density at radius 1 is 1.06 bits per heavy atom. The van der Waals surface area contributed by atoms with Crippen LogP contribution in [-0.2, 0) is 0 Å². The van der Waals surface area contributed by atoms with E-state index in [1.807, 2.05) is 36.1 Å². The zero-order chi connectivity index (χ0) is 23.5. The van der Waals surface area contributed by atoms with E-state index in [0.717, 1.165) is 49.8 Å². The smallest absolute Gasteiger partial charge is 0.253 e. The van der Waals surface area contributed by atoms with E-state index in [1.165, 1.54) is 0 Å². The van der Waals surface area contributed by atoms with Crippen LogP contribution in [0, 0.1) is 6.92 Å². The van der Waals surface area contributed by atoms with Gasteiger partial charge < -0.3 is 19.7 Å². The molecule has 0 spiro atoms. The summed E-state index contributed by atoms with van der Waals surface area (Å²) in [6.07, 6.45) is 4.37. The standard InChI is InChI=1S/C24H30ClN7O/c1-16(2)32-17(3)26-15-21(32)22-20(25)14-27-24(29-22)28-19-8-6-18(7-9-19)23(33)31-11-5-10-30(4)12-13-31/h6-9,14-16H,5,10-13H2,1-4H3,(H,27,28,29). The summed E-state index contributed by atoms with van der Waals surface area (Å²) in [5, 5.41) is 3.68. The number of rotatable bonds is 5. The number of hydrogen-bond acceptors (Lipinski definition) is 6. The number of likely N-dealkylation sites (N-methyl/N-ethyl adjacent to an activating group) is 1. The Labute approximate surface area is 199 Å². The van der Waals surface area contributed by atoms with Crippen molar-refractivity contribution in [3.8, 4) is 11.4 Å². The molecule has 4 rings (SSSR count). The van der Waals surface area contributed by atoms with Gasteiger partial charge >= 0.3 is 0 Å². The Balaban J connectivity index is 1.51. The van der Waals surface area contributed by atoms with Gasteiger partial charge in [-0.2, -0.15) is 0 Å². The molecule has 0 unspecified atom stereocenters. The van der Waals surface area contributed by atoms with E-state index in [2.05, 4.69) is 50.6 Å². The number of aryl methyl sites for hydroxylation is 1. The number of amides is 1. The third kappa shape index (κ3) is 5.17. The number of imidazole rings is 1. The normalized spacial score (nSPS) is 15.0. The van der Waals surface area contributed by atoms with Gasteiger partial charge in [0.25, 0.3) is 5.91 Å². The van der Waals surface area contributed by atoms with Crippen molar-refractivity contribution in [2.24, 2.45) is 0 Å². The van der Waals surface area contributed by atoms with Crippen LogP contribution in [0.4, 0.5) is 11.6 Å². The number of halogens is 1. The number of nitrogens with one attached hydrogen (secondary N) is 1. The molecular weight excluding hydrogens is 438 g/mol. The maximum atomic E-state index is 12.9. The van der Waals surface area contributed by atoms with Crippen molar-refractivity contribution in [3.63, 3.8) is 0 Å². The highest BCUT2D eigenvalue weighted by Gasteiger charge is 2.19. The van der Waals surface area contributed by atoms with Gasteiger partial charge in [0.15, 0.2) is 0 Å². The summed E-state index contributed by atoms with van der Waals surface area (Å²) in [6.45, 7) is 9.62. The first-order chi connectivity index (χ1) is 15.8. The fourth-order valence-corrected chi connectivity index (χ4v) is 4.33. The molecule has 1 saturated heterocycles. The first kappa shape index (κ1) is 23.2. The van der Waals surface area contributed by atoms with E-state index in [9.17, 15) is 4.79 Å². The van der Waals surface area contributed by atoms with Crippen molar-refractivity contribution < 1.29 is 4.79 Å². The third-order valence-corrected chi connectivity index (χ3v) is 6.16. The van der Waals surface area contributed by atoms with Gasteiger partial charge in [-0.1, -0.05) is 11.6 Å². The molecular formula is C24H30ClN7O. The number of carbonyl (C=O) groups excluding carboxylic acids is 1. The van der Waals surface area contributed by atoms with Crippen molar-refractivity contribution in [1.82, 2.24) is 29.3 Å². The van der Waals surface area contributed by atoms with Crippen LogP contribution in [0.5, 0.6) is 0 Å². The molecule has 174 valence electrons. The molecule has 2 aromatic heterocycles. The second-order valence-electron chi connectivity index (χ2n) is 8.70. The number of hydrogen-bond donors (Lipinski definition) is 1.